The summed E-state index contributed by atoms with van der Waals surface area (Å²) in [6.45, 7) is 3.21. The van der Waals surface area contributed by atoms with E-state index in [1.54, 1.807) is 23.9 Å². The monoisotopic (exact) mass is 522 g/mol. The van der Waals surface area contributed by atoms with E-state index < -0.39 is 36.4 Å². The number of anilines is 2. The number of carbonyl (C=O) groups excluding carboxylic acids is 1. The van der Waals surface area contributed by atoms with Crippen molar-refractivity contribution < 1.29 is 26.7 Å². The van der Waals surface area contributed by atoms with E-state index in [1.807, 2.05) is 6.92 Å². The largest absolute Gasteiger partial charge is 0.453 e. The maximum Gasteiger partial charge on any atom is 0.453 e. The maximum atomic E-state index is 13.5. The quantitative estimate of drug-likeness (QED) is 0.368. The Labute approximate surface area is 204 Å². The number of rotatable bonds is 6. The highest BCUT2D eigenvalue weighted by Gasteiger charge is 2.57. The molecule has 1 unspecified atom stereocenters. The number of hydrogen-bond donors (Lipinski definition) is 2. The van der Waals surface area contributed by atoms with Gasteiger partial charge in [0.1, 0.15) is 28.4 Å². The van der Waals surface area contributed by atoms with Gasteiger partial charge in [-0.1, -0.05) is 5.21 Å². The molecule has 0 aliphatic carbocycles. The average Bonchev–Trinajstić information content (AvgIpc) is 3.52. The summed E-state index contributed by atoms with van der Waals surface area (Å²) in [5.74, 6) is -5.42. The Hall–Kier alpha value is -4.24. The SMILES string of the molecule is CCn1cc(C2(C)C(=O)Nc3nc(-c4nn(CCC(F)(F)C(F)(F)F)c5ncccc45)nc(N)c32)nn1. The van der Waals surface area contributed by atoms with Gasteiger partial charge >= 0.3 is 12.1 Å². The third-order valence-electron chi connectivity index (χ3n) is 6.27. The zero-order valence-electron chi connectivity index (χ0n) is 19.4. The molecule has 16 heteroatoms. The Morgan fingerprint density at radius 1 is 1.19 bits per heavy atom. The molecule has 5 heterocycles. The van der Waals surface area contributed by atoms with Crippen molar-refractivity contribution in [3.8, 4) is 11.5 Å². The summed E-state index contributed by atoms with van der Waals surface area (Å²) in [5, 5.41) is 15.2. The number of aromatic nitrogens is 8. The molecule has 0 spiro atoms. The van der Waals surface area contributed by atoms with E-state index in [1.165, 1.54) is 12.3 Å². The predicted octanol–water partition coefficient (Wildman–Crippen LogP) is 2.93. The van der Waals surface area contributed by atoms with Gasteiger partial charge in [-0.05, 0) is 26.0 Å². The molecule has 1 atom stereocenters. The lowest BCUT2D eigenvalue weighted by Crippen LogP contribution is -2.37. The summed E-state index contributed by atoms with van der Waals surface area (Å²) in [4.78, 5) is 25.8. The Bertz CT molecular complexity index is 1530. The van der Waals surface area contributed by atoms with Crippen molar-refractivity contribution in [1.82, 2.24) is 39.7 Å². The van der Waals surface area contributed by atoms with Crippen LogP contribution in [0.4, 0.5) is 33.6 Å². The van der Waals surface area contributed by atoms with Crippen LogP contribution in [0, 0.1) is 0 Å². The summed E-state index contributed by atoms with van der Waals surface area (Å²) in [7, 11) is 0. The first kappa shape index (κ1) is 24.5. The number of nitrogens with one attached hydrogen (secondary N) is 1. The summed E-state index contributed by atoms with van der Waals surface area (Å²) < 4.78 is 67.5. The van der Waals surface area contributed by atoms with E-state index >= 15 is 0 Å². The van der Waals surface area contributed by atoms with Gasteiger partial charge in [-0.2, -0.15) is 27.1 Å². The van der Waals surface area contributed by atoms with E-state index in [-0.39, 0.29) is 34.4 Å². The lowest BCUT2D eigenvalue weighted by atomic mass is 9.81. The van der Waals surface area contributed by atoms with Crippen LogP contribution in [0.2, 0.25) is 0 Å². The van der Waals surface area contributed by atoms with Crippen molar-refractivity contribution in [2.75, 3.05) is 11.1 Å². The van der Waals surface area contributed by atoms with Crippen LogP contribution in [0.25, 0.3) is 22.6 Å². The topological polar surface area (TPSA) is 142 Å². The average molecular weight is 522 g/mol. The minimum atomic E-state index is -5.70. The number of fused-ring (bicyclic) bond motifs is 2. The number of carbonyl (C=O) groups is 1. The fourth-order valence-electron chi connectivity index (χ4n) is 4.16. The Kier molecular flexibility index (Phi) is 5.38. The summed E-state index contributed by atoms with van der Waals surface area (Å²) in [6.07, 6.45) is -4.28. The van der Waals surface area contributed by atoms with Crippen LogP contribution in [0.5, 0.6) is 0 Å². The fraction of sp³-hybridized carbons (Fsp3) is 0.381. The van der Waals surface area contributed by atoms with Crippen molar-refractivity contribution >= 4 is 28.6 Å². The van der Waals surface area contributed by atoms with Crippen molar-refractivity contribution in [3.05, 3.63) is 35.8 Å². The van der Waals surface area contributed by atoms with Crippen LogP contribution in [-0.2, 0) is 23.3 Å². The van der Waals surface area contributed by atoms with Crippen LogP contribution >= 0.6 is 0 Å². The van der Waals surface area contributed by atoms with Crippen LogP contribution in [0.1, 0.15) is 31.5 Å². The second-order valence-corrected chi connectivity index (χ2v) is 8.59. The molecule has 0 saturated carbocycles. The molecule has 5 rings (SSSR count). The van der Waals surface area contributed by atoms with Crippen LogP contribution in [-0.4, -0.2) is 57.7 Å². The van der Waals surface area contributed by atoms with Crippen molar-refractivity contribution in [3.63, 3.8) is 0 Å². The number of alkyl halides is 5. The molecule has 0 bridgehead atoms. The van der Waals surface area contributed by atoms with Gasteiger partial charge in [-0.15, -0.1) is 5.10 Å². The Morgan fingerprint density at radius 2 is 1.95 bits per heavy atom. The van der Waals surface area contributed by atoms with Gasteiger partial charge in [0, 0.05) is 31.9 Å². The standard InChI is InChI=1S/C21H19F5N10O/c1-3-35-9-11(32-34-35)19(2)12-14(27)29-16(30-15(12)31-18(19)37)13-10-5-4-7-28-17(10)36(33-13)8-6-20(22,23)21(24,25)26/h4-5,7,9H,3,6,8H2,1-2H3,(H3,27,29,30,31,37). The van der Waals surface area contributed by atoms with Crippen molar-refractivity contribution in [2.24, 2.45) is 0 Å². The molecule has 4 aromatic rings. The molecule has 0 aromatic carbocycles. The number of nitrogen functional groups attached to an aromatic ring is 1. The molecule has 37 heavy (non-hydrogen) atoms. The third-order valence-corrected chi connectivity index (χ3v) is 6.27. The smallest absolute Gasteiger partial charge is 0.383 e. The van der Waals surface area contributed by atoms with E-state index in [4.69, 9.17) is 5.73 Å². The van der Waals surface area contributed by atoms with Gasteiger partial charge in [0.15, 0.2) is 11.5 Å². The highest BCUT2D eigenvalue weighted by molar-refractivity contribution is 6.09. The highest BCUT2D eigenvalue weighted by Crippen LogP contribution is 2.44. The normalized spacial score (nSPS) is 17.9. The zero-order valence-corrected chi connectivity index (χ0v) is 19.4. The van der Waals surface area contributed by atoms with E-state index in [2.05, 4.69) is 35.7 Å². The molecule has 0 fully saturated rings. The summed E-state index contributed by atoms with van der Waals surface area (Å²) in [6, 6.07) is 3.08. The maximum absolute atomic E-state index is 13.5. The van der Waals surface area contributed by atoms with Crippen molar-refractivity contribution in [2.45, 2.75) is 50.9 Å². The lowest BCUT2D eigenvalue weighted by molar-refractivity contribution is -0.285. The first-order valence-electron chi connectivity index (χ1n) is 11.0. The summed E-state index contributed by atoms with van der Waals surface area (Å²) >= 11 is 0. The van der Waals surface area contributed by atoms with Gasteiger partial charge in [0.25, 0.3) is 0 Å². The van der Waals surface area contributed by atoms with E-state index in [9.17, 15) is 26.7 Å². The molecule has 1 aliphatic heterocycles. The predicted molar refractivity (Wildman–Crippen MR) is 119 cm³/mol. The minimum absolute atomic E-state index is 0.0488. The molecule has 3 N–H and O–H groups in total. The van der Waals surface area contributed by atoms with Crippen LogP contribution in [0.15, 0.2) is 24.5 Å². The van der Waals surface area contributed by atoms with Crippen LogP contribution in [0.3, 0.4) is 0 Å². The number of hydrogen-bond acceptors (Lipinski definition) is 8. The Morgan fingerprint density at radius 3 is 2.62 bits per heavy atom. The van der Waals surface area contributed by atoms with Crippen LogP contribution < -0.4 is 11.1 Å². The molecule has 1 aliphatic rings. The molecule has 4 aromatic heterocycles. The highest BCUT2D eigenvalue weighted by atomic mass is 19.4. The Balaban J connectivity index is 1.57. The number of nitrogens with two attached hydrogens (primary N) is 1. The number of amides is 1. The van der Waals surface area contributed by atoms with Gasteiger partial charge in [0.05, 0.1) is 10.9 Å². The van der Waals surface area contributed by atoms with Gasteiger partial charge in [-0.25, -0.2) is 19.6 Å². The third kappa shape index (κ3) is 3.74. The fourth-order valence-corrected chi connectivity index (χ4v) is 4.16. The molecular weight excluding hydrogens is 503 g/mol. The number of aryl methyl sites for hydroxylation is 2. The number of pyridine rings is 1. The number of nitrogens with zero attached hydrogens (tertiary/aromatic N) is 8. The zero-order chi connectivity index (χ0) is 26.8. The molecule has 11 nitrogen and oxygen atoms in total. The van der Waals surface area contributed by atoms with Gasteiger partial charge < -0.3 is 11.1 Å². The second-order valence-electron chi connectivity index (χ2n) is 8.59. The van der Waals surface area contributed by atoms with Crippen molar-refractivity contribution in [1.29, 1.82) is 0 Å². The van der Waals surface area contributed by atoms with E-state index in [0.29, 0.717) is 17.6 Å². The molecule has 0 radical (unpaired) electrons. The molecular formula is C21H19F5N10O. The minimum Gasteiger partial charge on any atom is -0.383 e. The van der Waals surface area contributed by atoms with E-state index in [0.717, 1.165) is 4.68 Å². The summed E-state index contributed by atoms with van der Waals surface area (Å²) in [5.41, 5.74) is 5.64. The number of halogens is 5. The lowest BCUT2D eigenvalue weighted by Gasteiger charge is -2.19. The molecule has 194 valence electrons. The molecule has 1 amide bonds. The molecule has 0 saturated heterocycles. The van der Waals surface area contributed by atoms with Gasteiger partial charge in [0.2, 0.25) is 5.91 Å². The van der Waals surface area contributed by atoms with Gasteiger partial charge in [-0.3, -0.25) is 9.48 Å². The first-order chi connectivity index (χ1) is 17.4. The second kappa shape index (κ2) is 8.14. The first-order valence-corrected chi connectivity index (χ1v) is 11.0.